The van der Waals surface area contributed by atoms with Crippen LogP contribution in [0.2, 0.25) is 0 Å². The number of amides is 1. The van der Waals surface area contributed by atoms with Crippen LogP contribution in [-0.4, -0.2) is 15.9 Å². The molecule has 2 fully saturated rings. The molecule has 0 saturated heterocycles. The molecule has 1 N–H and O–H groups in total. The average Bonchev–Trinajstić information content (AvgIpc) is 2.51. The van der Waals surface area contributed by atoms with Gasteiger partial charge in [-0.3, -0.25) is 4.79 Å². The summed E-state index contributed by atoms with van der Waals surface area (Å²) in [6.45, 7) is 10.1. The Morgan fingerprint density at radius 2 is 2.04 bits per heavy atom. The Morgan fingerprint density at radius 3 is 2.75 bits per heavy atom. The van der Waals surface area contributed by atoms with Crippen molar-refractivity contribution in [1.82, 2.24) is 5.32 Å². The smallest absolute Gasteiger partial charge is 0.226 e. The molecule has 136 valence electrons. The zero-order valence-electron chi connectivity index (χ0n) is 15.9. The van der Waals surface area contributed by atoms with E-state index in [1.165, 1.54) is 38.5 Å². The van der Waals surface area contributed by atoms with E-state index >= 15 is 0 Å². The molecule has 24 heavy (non-hydrogen) atoms. The van der Waals surface area contributed by atoms with Gasteiger partial charge in [-0.15, -0.1) is 0 Å². The third kappa shape index (κ3) is 3.07. The van der Waals surface area contributed by atoms with Crippen molar-refractivity contribution < 1.29 is 4.79 Å². The van der Waals surface area contributed by atoms with Gasteiger partial charge in [0.2, 0.25) is 5.91 Å². The van der Waals surface area contributed by atoms with Crippen LogP contribution < -0.4 is 5.32 Å². The van der Waals surface area contributed by atoms with Crippen molar-refractivity contribution >= 4 is 28.5 Å². The van der Waals surface area contributed by atoms with Gasteiger partial charge in [0.15, 0.2) is 0 Å². The monoisotopic (exact) mass is 443 g/mol. The Kier molecular flexibility index (Phi) is 5.14. The predicted octanol–water partition coefficient (Wildman–Crippen LogP) is 5.65. The van der Waals surface area contributed by atoms with Gasteiger partial charge in [-0.2, -0.15) is 0 Å². The summed E-state index contributed by atoms with van der Waals surface area (Å²) >= 11 is 2.66. The van der Waals surface area contributed by atoms with Crippen molar-refractivity contribution in [1.29, 1.82) is 0 Å². The summed E-state index contributed by atoms with van der Waals surface area (Å²) in [5, 5.41) is 3.22. The predicted molar refractivity (Wildman–Crippen MR) is 109 cm³/mol. The Morgan fingerprint density at radius 1 is 1.29 bits per heavy atom. The number of halogens is 1. The summed E-state index contributed by atoms with van der Waals surface area (Å²) in [5.74, 6) is 1.58. The molecule has 3 aliphatic rings. The van der Waals surface area contributed by atoms with Crippen molar-refractivity contribution in [3.8, 4) is 0 Å². The van der Waals surface area contributed by atoms with Crippen LogP contribution >= 0.6 is 22.6 Å². The third-order valence-corrected chi connectivity index (χ3v) is 8.19. The summed E-state index contributed by atoms with van der Waals surface area (Å²) in [6.07, 6.45) is 12.1. The highest BCUT2D eigenvalue weighted by Crippen LogP contribution is 2.63. The van der Waals surface area contributed by atoms with Gasteiger partial charge in [0.25, 0.3) is 0 Å². The fourth-order valence-corrected chi connectivity index (χ4v) is 6.84. The molecule has 5 atom stereocenters. The SMILES string of the molecule is CCCNC(=O)[C@]1(C)CCC[C@@]2(C)C3=CC[C@](C)(I)CC3CCC12. The molecule has 0 bridgehead atoms. The number of fused-ring (bicyclic) bond motifs is 3. The van der Waals surface area contributed by atoms with Gasteiger partial charge in [-0.05, 0) is 62.2 Å². The first-order chi connectivity index (χ1) is 11.2. The standard InChI is InChI=1S/C21H34INO/c1-5-13-23-18(24)21(4)11-6-10-20(3)16-9-12-19(2,22)14-15(16)7-8-17(20)21/h9,15,17H,5-8,10-14H2,1-4H3,(H,23,24)/t15?,17?,19-,20-,21+/m0/s1. The molecule has 0 aromatic rings. The number of carbonyl (C=O) groups is 1. The molecule has 3 heteroatoms. The largest absolute Gasteiger partial charge is 0.356 e. The molecule has 2 saturated carbocycles. The average molecular weight is 443 g/mol. The molecule has 1 amide bonds. The fraction of sp³-hybridized carbons (Fsp3) is 0.857. The van der Waals surface area contributed by atoms with Gasteiger partial charge in [-0.25, -0.2) is 0 Å². The molecule has 3 aliphatic carbocycles. The highest BCUT2D eigenvalue weighted by atomic mass is 127. The number of rotatable bonds is 3. The zero-order chi connectivity index (χ0) is 17.6. The summed E-state index contributed by atoms with van der Waals surface area (Å²) in [6, 6.07) is 0. The van der Waals surface area contributed by atoms with E-state index in [1.807, 2.05) is 0 Å². The first-order valence-corrected chi connectivity index (χ1v) is 11.0. The Bertz CT molecular complexity index is 540. The number of allylic oxidation sites excluding steroid dienone is 2. The maximum atomic E-state index is 13.0. The number of alkyl halides is 1. The Labute approximate surface area is 161 Å². The Hall–Kier alpha value is -0.0600. The lowest BCUT2D eigenvalue weighted by Crippen LogP contribution is -2.55. The summed E-state index contributed by atoms with van der Waals surface area (Å²) in [4.78, 5) is 13.0. The molecule has 0 heterocycles. The lowest BCUT2D eigenvalue weighted by atomic mass is 9.46. The number of carbonyl (C=O) groups excluding carboxylic acids is 1. The van der Waals surface area contributed by atoms with Crippen molar-refractivity contribution in [2.24, 2.45) is 22.7 Å². The van der Waals surface area contributed by atoms with E-state index in [0.717, 1.165) is 25.3 Å². The van der Waals surface area contributed by atoms with Crippen LogP contribution in [0.4, 0.5) is 0 Å². The molecule has 0 aliphatic heterocycles. The molecule has 0 aromatic heterocycles. The van der Waals surface area contributed by atoms with Gasteiger partial charge in [-0.1, -0.05) is 68.4 Å². The van der Waals surface area contributed by atoms with E-state index < -0.39 is 0 Å². The van der Waals surface area contributed by atoms with Gasteiger partial charge in [0.05, 0.1) is 0 Å². The molecule has 2 unspecified atom stereocenters. The van der Waals surface area contributed by atoms with Crippen molar-refractivity contribution in [2.45, 2.75) is 82.5 Å². The van der Waals surface area contributed by atoms with E-state index in [0.29, 0.717) is 15.2 Å². The summed E-state index contributed by atoms with van der Waals surface area (Å²) in [7, 11) is 0. The number of hydrogen-bond donors (Lipinski definition) is 1. The van der Waals surface area contributed by atoms with Gasteiger partial charge < -0.3 is 5.32 Å². The molecular weight excluding hydrogens is 409 g/mol. The molecule has 0 spiro atoms. The third-order valence-electron chi connectivity index (χ3n) is 7.31. The normalized spacial score (nSPS) is 45.0. The van der Waals surface area contributed by atoms with Crippen LogP contribution in [-0.2, 0) is 4.79 Å². The second kappa shape index (κ2) is 6.59. The Balaban J connectivity index is 1.90. The minimum Gasteiger partial charge on any atom is -0.356 e. The second-order valence-corrected chi connectivity index (χ2v) is 11.9. The van der Waals surface area contributed by atoms with Gasteiger partial charge in [0, 0.05) is 15.4 Å². The fourth-order valence-electron chi connectivity index (χ4n) is 6.09. The highest BCUT2D eigenvalue weighted by Gasteiger charge is 2.57. The lowest BCUT2D eigenvalue weighted by molar-refractivity contribution is -0.142. The molecule has 3 rings (SSSR count). The highest BCUT2D eigenvalue weighted by molar-refractivity contribution is 14.1. The molecule has 0 aromatic carbocycles. The maximum Gasteiger partial charge on any atom is 0.226 e. The molecular formula is C21H34INO. The topological polar surface area (TPSA) is 29.1 Å². The van der Waals surface area contributed by atoms with Crippen LogP contribution in [0.1, 0.15) is 79.1 Å². The minimum absolute atomic E-state index is 0.181. The quantitative estimate of drug-likeness (QED) is 0.341. The number of hydrogen-bond acceptors (Lipinski definition) is 1. The minimum atomic E-state index is -0.181. The van der Waals surface area contributed by atoms with Crippen LogP contribution in [0, 0.1) is 22.7 Å². The summed E-state index contributed by atoms with van der Waals surface area (Å²) < 4.78 is 0.422. The van der Waals surface area contributed by atoms with Gasteiger partial charge in [0.1, 0.15) is 0 Å². The van der Waals surface area contributed by atoms with Crippen LogP contribution in [0.25, 0.3) is 0 Å². The number of nitrogens with one attached hydrogen (secondary N) is 1. The van der Waals surface area contributed by atoms with E-state index in [1.54, 1.807) is 5.57 Å². The van der Waals surface area contributed by atoms with Crippen LogP contribution in [0.15, 0.2) is 11.6 Å². The van der Waals surface area contributed by atoms with E-state index in [4.69, 9.17) is 0 Å². The van der Waals surface area contributed by atoms with Crippen LogP contribution in [0.5, 0.6) is 0 Å². The maximum absolute atomic E-state index is 13.0. The molecule has 2 nitrogen and oxygen atoms in total. The second-order valence-electron chi connectivity index (χ2n) is 9.25. The summed E-state index contributed by atoms with van der Waals surface area (Å²) in [5.41, 5.74) is 1.77. The zero-order valence-corrected chi connectivity index (χ0v) is 18.0. The van der Waals surface area contributed by atoms with E-state index in [-0.39, 0.29) is 10.8 Å². The van der Waals surface area contributed by atoms with E-state index in [9.17, 15) is 4.79 Å². The lowest BCUT2D eigenvalue weighted by Gasteiger charge is -2.58. The first-order valence-electron chi connectivity index (χ1n) is 9.91. The van der Waals surface area contributed by atoms with Crippen molar-refractivity contribution in [2.75, 3.05) is 6.54 Å². The molecule has 0 radical (unpaired) electrons. The first kappa shape index (κ1) is 18.7. The van der Waals surface area contributed by atoms with E-state index in [2.05, 4.69) is 61.7 Å². The van der Waals surface area contributed by atoms with Crippen molar-refractivity contribution in [3.63, 3.8) is 0 Å². The van der Waals surface area contributed by atoms with Crippen LogP contribution in [0.3, 0.4) is 0 Å². The van der Waals surface area contributed by atoms with Crippen molar-refractivity contribution in [3.05, 3.63) is 11.6 Å². The van der Waals surface area contributed by atoms with Gasteiger partial charge >= 0.3 is 0 Å².